The number of likely N-dealkylation sites (tertiary alicyclic amines) is 1. The number of rotatable bonds is 5. The lowest BCUT2D eigenvalue weighted by Crippen LogP contribution is -2.43. The fourth-order valence-corrected chi connectivity index (χ4v) is 3.34. The van der Waals surface area contributed by atoms with Gasteiger partial charge in [-0.1, -0.05) is 42.5 Å². The van der Waals surface area contributed by atoms with Gasteiger partial charge in [-0.25, -0.2) is 4.79 Å². The minimum atomic E-state index is -4.51. The van der Waals surface area contributed by atoms with Gasteiger partial charge >= 0.3 is 12.2 Å². The lowest BCUT2D eigenvalue weighted by molar-refractivity contribution is -0.136. The first kappa shape index (κ1) is 20.2. The molecule has 2 aromatic carbocycles. The molecule has 1 atom stereocenters. The fraction of sp³-hybridized carbons (Fsp3) is 0.381. The lowest BCUT2D eigenvalue weighted by Gasteiger charge is -2.33. The van der Waals surface area contributed by atoms with Crippen LogP contribution in [0.5, 0.6) is 0 Å². The average Bonchev–Trinajstić information content (AvgIpc) is 2.69. The number of ether oxygens (including phenoxy) is 1. The van der Waals surface area contributed by atoms with Crippen molar-refractivity contribution in [3.8, 4) is 0 Å². The second-order valence-corrected chi connectivity index (χ2v) is 6.93. The number of anilines is 1. The van der Waals surface area contributed by atoms with Gasteiger partial charge in [-0.05, 0) is 30.5 Å². The smallest absolute Gasteiger partial charge is 0.376 e. The van der Waals surface area contributed by atoms with E-state index in [0.29, 0.717) is 26.3 Å². The summed E-state index contributed by atoms with van der Waals surface area (Å²) in [5.74, 6) is 0.168. The molecule has 2 amide bonds. The third-order valence-corrected chi connectivity index (χ3v) is 4.75. The van der Waals surface area contributed by atoms with Gasteiger partial charge in [0.25, 0.3) is 0 Å². The molecule has 1 heterocycles. The Morgan fingerprint density at radius 1 is 1.11 bits per heavy atom. The zero-order valence-electron chi connectivity index (χ0n) is 15.4. The molecule has 1 aliphatic heterocycles. The number of hydrogen-bond donors (Lipinski definition) is 1. The van der Waals surface area contributed by atoms with Gasteiger partial charge < -0.3 is 15.0 Å². The summed E-state index contributed by atoms with van der Waals surface area (Å²) in [5.41, 5.74) is 0.0159. The Kier molecular flexibility index (Phi) is 6.57. The minimum absolute atomic E-state index is 0.168. The van der Waals surface area contributed by atoms with Gasteiger partial charge in [-0.3, -0.25) is 0 Å². The Hall–Kier alpha value is -2.54. The van der Waals surface area contributed by atoms with E-state index in [9.17, 15) is 18.0 Å². The normalized spacial score (nSPS) is 17.4. The zero-order chi connectivity index (χ0) is 20.0. The quantitative estimate of drug-likeness (QED) is 0.763. The highest BCUT2D eigenvalue weighted by Gasteiger charge is 2.34. The maximum atomic E-state index is 13.1. The molecule has 7 heteroatoms. The molecular weight excluding hydrogens is 369 g/mol. The van der Waals surface area contributed by atoms with E-state index in [1.54, 1.807) is 4.90 Å². The summed E-state index contributed by atoms with van der Waals surface area (Å²) in [6.07, 6.45) is -2.79. The number of nitrogens with zero attached hydrogens (tertiary/aromatic N) is 1. The van der Waals surface area contributed by atoms with Gasteiger partial charge in [-0.15, -0.1) is 0 Å². The molecule has 1 fully saturated rings. The number of para-hydroxylation sites is 1. The molecule has 1 N–H and O–H groups in total. The Morgan fingerprint density at radius 2 is 1.82 bits per heavy atom. The average molecular weight is 392 g/mol. The van der Waals surface area contributed by atoms with Crippen LogP contribution in [0.4, 0.5) is 23.7 Å². The van der Waals surface area contributed by atoms with Crippen LogP contribution in [0.2, 0.25) is 0 Å². The Labute approximate surface area is 162 Å². The molecule has 150 valence electrons. The maximum Gasteiger partial charge on any atom is 0.418 e. The van der Waals surface area contributed by atoms with Gasteiger partial charge in [0.1, 0.15) is 0 Å². The summed E-state index contributed by atoms with van der Waals surface area (Å²) in [7, 11) is 0. The molecule has 0 saturated carbocycles. The third-order valence-electron chi connectivity index (χ3n) is 4.75. The highest BCUT2D eigenvalue weighted by atomic mass is 19.4. The molecule has 28 heavy (non-hydrogen) atoms. The topological polar surface area (TPSA) is 41.6 Å². The highest BCUT2D eigenvalue weighted by Crippen LogP contribution is 2.34. The van der Waals surface area contributed by atoms with E-state index in [0.717, 1.165) is 24.5 Å². The van der Waals surface area contributed by atoms with Gasteiger partial charge in [0.15, 0.2) is 0 Å². The van der Waals surface area contributed by atoms with Crippen molar-refractivity contribution >= 4 is 11.7 Å². The van der Waals surface area contributed by atoms with Crippen molar-refractivity contribution in [2.75, 3.05) is 25.0 Å². The van der Waals surface area contributed by atoms with Crippen molar-refractivity contribution < 1.29 is 22.7 Å². The highest BCUT2D eigenvalue weighted by molar-refractivity contribution is 5.90. The summed E-state index contributed by atoms with van der Waals surface area (Å²) >= 11 is 0. The summed E-state index contributed by atoms with van der Waals surface area (Å²) in [6.45, 7) is 2.00. The van der Waals surface area contributed by atoms with E-state index in [2.05, 4.69) is 5.32 Å². The number of nitrogens with one attached hydrogen (secondary N) is 1. The Bertz CT molecular complexity index is 781. The molecule has 4 nitrogen and oxygen atoms in total. The lowest BCUT2D eigenvalue weighted by atomic mass is 9.99. The fourth-order valence-electron chi connectivity index (χ4n) is 3.34. The Morgan fingerprint density at radius 3 is 2.57 bits per heavy atom. The van der Waals surface area contributed by atoms with E-state index in [1.165, 1.54) is 18.2 Å². The van der Waals surface area contributed by atoms with Crippen LogP contribution in [0.25, 0.3) is 0 Å². The van der Waals surface area contributed by atoms with Crippen LogP contribution in [-0.2, 0) is 17.5 Å². The predicted molar refractivity (Wildman–Crippen MR) is 101 cm³/mol. The summed E-state index contributed by atoms with van der Waals surface area (Å²) in [4.78, 5) is 14.1. The monoisotopic (exact) mass is 392 g/mol. The number of halogens is 3. The van der Waals surface area contributed by atoms with Crippen molar-refractivity contribution in [2.45, 2.75) is 25.6 Å². The number of amides is 2. The van der Waals surface area contributed by atoms with Crippen LogP contribution in [0.15, 0.2) is 54.6 Å². The maximum absolute atomic E-state index is 13.1. The number of carbonyl (C=O) groups is 1. The predicted octanol–water partition coefficient (Wildman–Crippen LogP) is 5.17. The number of alkyl halides is 3. The molecule has 0 radical (unpaired) electrons. The van der Waals surface area contributed by atoms with Crippen LogP contribution >= 0.6 is 0 Å². The first-order valence-corrected chi connectivity index (χ1v) is 9.27. The van der Waals surface area contributed by atoms with Gasteiger partial charge in [-0.2, -0.15) is 13.2 Å². The van der Waals surface area contributed by atoms with E-state index in [-0.39, 0.29) is 11.6 Å². The van der Waals surface area contributed by atoms with E-state index in [1.807, 2.05) is 30.3 Å². The largest absolute Gasteiger partial charge is 0.418 e. The van der Waals surface area contributed by atoms with E-state index < -0.39 is 17.8 Å². The van der Waals surface area contributed by atoms with Crippen LogP contribution in [0.1, 0.15) is 24.0 Å². The number of carbonyl (C=O) groups excluding carboxylic acids is 1. The van der Waals surface area contributed by atoms with Crippen molar-refractivity contribution in [1.29, 1.82) is 0 Å². The SMILES string of the molecule is O=C(Nc1ccccc1C(F)(F)F)N1CCCC(COCc2ccccc2)C1. The third kappa shape index (κ3) is 5.48. The molecule has 0 bridgehead atoms. The molecule has 0 spiro atoms. The molecule has 3 rings (SSSR count). The zero-order valence-corrected chi connectivity index (χ0v) is 15.4. The molecule has 2 aromatic rings. The first-order valence-electron chi connectivity index (χ1n) is 9.27. The molecule has 0 aliphatic carbocycles. The number of benzene rings is 2. The summed E-state index contributed by atoms with van der Waals surface area (Å²) < 4.78 is 45.1. The molecule has 1 aliphatic rings. The second kappa shape index (κ2) is 9.10. The number of hydrogen-bond acceptors (Lipinski definition) is 2. The first-order chi connectivity index (χ1) is 13.4. The van der Waals surface area contributed by atoms with Crippen molar-refractivity contribution in [3.63, 3.8) is 0 Å². The summed E-state index contributed by atoms with van der Waals surface area (Å²) in [6, 6.07) is 14.3. The van der Waals surface area contributed by atoms with Crippen molar-refractivity contribution in [1.82, 2.24) is 4.90 Å². The van der Waals surface area contributed by atoms with Crippen LogP contribution in [0.3, 0.4) is 0 Å². The van der Waals surface area contributed by atoms with E-state index in [4.69, 9.17) is 4.74 Å². The Balaban J connectivity index is 1.53. The molecule has 1 unspecified atom stereocenters. The molecule has 1 saturated heterocycles. The number of piperidine rings is 1. The second-order valence-electron chi connectivity index (χ2n) is 6.93. The molecular formula is C21H23F3N2O2. The standard InChI is InChI=1S/C21H23F3N2O2/c22-21(23,24)18-10-4-5-11-19(18)25-20(27)26-12-6-9-17(13-26)15-28-14-16-7-2-1-3-8-16/h1-5,7-8,10-11,17H,6,9,12-15H2,(H,25,27). The minimum Gasteiger partial charge on any atom is -0.376 e. The van der Waals surface area contributed by atoms with Crippen LogP contribution < -0.4 is 5.32 Å². The van der Waals surface area contributed by atoms with E-state index >= 15 is 0 Å². The van der Waals surface area contributed by atoms with Crippen LogP contribution in [0, 0.1) is 5.92 Å². The van der Waals surface area contributed by atoms with Crippen molar-refractivity contribution in [3.05, 3.63) is 65.7 Å². The molecule has 0 aromatic heterocycles. The van der Waals surface area contributed by atoms with Gasteiger partial charge in [0.2, 0.25) is 0 Å². The van der Waals surface area contributed by atoms with Crippen molar-refractivity contribution in [2.24, 2.45) is 5.92 Å². The van der Waals surface area contributed by atoms with Gasteiger partial charge in [0.05, 0.1) is 24.5 Å². The summed E-state index contributed by atoms with van der Waals surface area (Å²) in [5, 5.41) is 2.42. The van der Waals surface area contributed by atoms with Gasteiger partial charge in [0, 0.05) is 19.0 Å². The van der Waals surface area contributed by atoms with Crippen LogP contribution in [-0.4, -0.2) is 30.6 Å². The number of urea groups is 1.